The maximum absolute atomic E-state index is 14.2. The van der Waals surface area contributed by atoms with Crippen molar-refractivity contribution in [3.63, 3.8) is 0 Å². The number of amides is 2. The topological polar surface area (TPSA) is 110 Å². The summed E-state index contributed by atoms with van der Waals surface area (Å²) < 4.78 is 92.7. The number of benzene rings is 2. The molecule has 8 nitrogen and oxygen atoms in total. The zero-order chi connectivity index (χ0) is 29.9. The third kappa shape index (κ3) is 5.61. The molecule has 41 heavy (non-hydrogen) atoms. The molecule has 0 saturated heterocycles. The van der Waals surface area contributed by atoms with E-state index in [2.05, 4.69) is 15.7 Å². The van der Waals surface area contributed by atoms with Gasteiger partial charge < -0.3 is 10.6 Å². The zero-order valence-corrected chi connectivity index (χ0v) is 22.3. The normalized spacial score (nSPS) is 18.9. The van der Waals surface area contributed by atoms with Gasteiger partial charge in [0.1, 0.15) is 12.0 Å². The maximum atomic E-state index is 14.2. The third-order valence-corrected chi connectivity index (χ3v) is 7.69. The lowest BCUT2D eigenvalue weighted by Gasteiger charge is -2.21. The van der Waals surface area contributed by atoms with Crippen LogP contribution >= 0.6 is 11.6 Å². The number of halogens is 6. The second-order valence-electron chi connectivity index (χ2n) is 9.39. The van der Waals surface area contributed by atoms with E-state index in [1.54, 1.807) is 0 Å². The number of hydrogen-bond acceptors (Lipinski definition) is 5. The predicted molar refractivity (Wildman–Crippen MR) is 139 cm³/mol. The molecule has 2 heterocycles. The predicted octanol–water partition coefficient (Wildman–Crippen LogP) is 5.08. The largest absolute Gasteiger partial charge is 0.416 e. The van der Waals surface area contributed by atoms with Crippen LogP contribution in [0.2, 0.25) is 5.02 Å². The number of nitrogens with zero attached hydrogens (tertiary/aromatic N) is 2. The van der Waals surface area contributed by atoms with Gasteiger partial charge >= 0.3 is 6.18 Å². The fraction of sp³-hybridized carbons (Fsp3) is 0.192. The number of carbonyl (C=O) groups excluding carboxylic acids is 2. The Kier molecular flexibility index (Phi) is 7.02. The van der Waals surface area contributed by atoms with Crippen LogP contribution in [0.5, 0.6) is 0 Å². The number of hydrogen-bond donors (Lipinski definition) is 2. The van der Waals surface area contributed by atoms with Gasteiger partial charge in [0.15, 0.2) is 0 Å². The Balaban J connectivity index is 1.64. The molecule has 5 rings (SSSR count). The molecular formula is C26H18ClF5N4O4S. The lowest BCUT2D eigenvalue weighted by Crippen LogP contribution is -2.24. The summed E-state index contributed by atoms with van der Waals surface area (Å²) in [6.07, 6.45) is -3.42. The summed E-state index contributed by atoms with van der Waals surface area (Å²) in [6, 6.07) is 5.10. The molecule has 0 radical (unpaired) electrons. The Morgan fingerprint density at radius 2 is 1.93 bits per heavy atom. The van der Waals surface area contributed by atoms with Crippen LogP contribution in [0.3, 0.4) is 0 Å². The number of aromatic nitrogens is 2. The second-order valence-corrected chi connectivity index (χ2v) is 11.6. The number of alkyl halides is 4. The van der Waals surface area contributed by atoms with Crippen molar-refractivity contribution in [2.45, 2.75) is 24.8 Å². The van der Waals surface area contributed by atoms with Crippen molar-refractivity contribution < 1.29 is 40.0 Å². The summed E-state index contributed by atoms with van der Waals surface area (Å²) in [7, 11) is -3.77. The molecule has 0 spiro atoms. The van der Waals surface area contributed by atoms with Crippen LogP contribution in [0.4, 0.5) is 27.6 Å². The van der Waals surface area contributed by atoms with Crippen molar-refractivity contribution in [2.24, 2.45) is 0 Å². The van der Waals surface area contributed by atoms with E-state index in [1.807, 2.05) is 0 Å². The quantitative estimate of drug-likeness (QED) is 0.391. The van der Waals surface area contributed by atoms with E-state index in [1.165, 1.54) is 24.4 Å². The Hall–Kier alpha value is -4.04. The van der Waals surface area contributed by atoms with E-state index < -0.39 is 63.6 Å². The molecule has 0 bridgehead atoms. The summed E-state index contributed by atoms with van der Waals surface area (Å²) in [4.78, 5) is 26.2. The smallest absolute Gasteiger partial charge is 0.341 e. The highest BCUT2D eigenvalue weighted by Gasteiger charge is 2.38. The molecule has 2 aromatic carbocycles. The summed E-state index contributed by atoms with van der Waals surface area (Å²) in [5.74, 6) is -2.39. The first-order valence-corrected chi connectivity index (χ1v) is 14.0. The highest BCUT2D eigenvalue weighted by atomic mass is 35.5. The summed E-state index contributed by atoms with van der Waals surface area (Å²) in [6.45, 7) is 0. The number of anilines is 1. The molecule has 0 saturated carbocycles. The van der Waals surface area contributed by atoms with Gasteiger partial charge in [0, 0.05) is 45.0 Å². The Morgan fingerprint density at radius 1 is 1.20 bits per heavy atom. The molecule has 3 aromatic rings. The van der Waals surface area contributed by atoms with Gasteiger partial charge in [0.2, 0.25) is 0 Å². The van der Waals surface area contributed by atoms with Crippen LogP contribution in [0.25, 0.3) is 11.1 Å². The van der Waals surface area contributed by atoms with E-state index in [0.717, 1.165) is 24.6 Å². The van der Waals surface area contributed by atoms with Crippen molar-refractivity contribution in [1.82, 2.24) is 14.5 Å². The van der Waals surface area contributed by atoms with Gasteiger partial charge in [-0.25, -0.2) is 17.2 Å². The highest BCUT2D eigenvalue weighted by molar-refractivity contribution is 7.89. The van der Waals surface area contributed by atoms with Crippen molar-refractivity contribution in [3.05, 3.63) is 93.6 Å². The van der Waals surface area contributed by atoms with Crippen LogP contribution in [0.1, 0.15) is 33.9 Å². The molecule has 214 valence electrons. The average molecular weight is 613 g/mol. The maximum Gasteiger partial charge on any atom is 0.416 e. The van der Waals surface area contributed by atoms with E-state index in [0.29, 0.717) is 16.2 Å². The standard InChI is InChI=1S/C26H18ClF5N4O4S/c1-41(39,40)36-11-14(10-33-36)12-6-19-22(23(35-25(19)38)18-9-16(28)2-3-20(18)27)21(7-12)34-24(37)13-4-15(26(30,31)32)8-17(29)5-13/h2-4,6-11,17,23H,5H2,1H3,(H,34,37)(H,35,38)/t17?,23-/m0/s1. The van der Waals surface area contributed by atoms with Crippen LogP contribution in [-0.4, -0.2) is 48.0 Å². The highest BCUT2D eigenvalue weighted by Crippen LogP contribution is 2.42. The molecule has 15 heteroatoms. The number of allylic oxidation sites excluding steroid dienone is 3. The minimum atomic E-state index is -4.90. The molecule has 1 unspecified atom stereocenters. The zero-order valence-electron chi connectivity index (χ0n) is 20.8. The molecule has 2 atom stereocenters. The van der Waals surface area contributed by atoms with Crippen LogP contribution < -0.4 is 10.6 Å². The molecule has 2 N–H and O–H groups in total. The first-order chi connectivity index (χ1) is 19.1. The van der Waals surface area contributed by atoms with Crippen molar-refractivity contribution in [3.8, 4) is 11.1 Å². The molecule has 2 amide bonds. The lowest BCUT2D eigenvalue weighted by molar-refractivity contribution is -0.113. The van der Waals surface area contributed by atoms with Crippen molar-refractivity contribution >= 4 is 39.1 Å². The molecule has 1 aliphatic carbocycles. The van der Waals surface area contributed by atoms with Crippen LogP contribution in [-0.2, 0) is 14.8 Å². The van der Waals surface area contributed by atoms with Crippen molar-refractivity contribution in [2.75, 3.05) is 11.6 Å². The minimum Gasteiger partial charge on any atom is -0.341 e. The fourth-order valence-electron chi connectivity index (χ4n) is 4.60. The Morgan fingerprint density at radius 3 is 2.59 bits per heavy atom. The van der Waals surface area contributed by atoms with Crippen molar-refractivity contribution in [1.29, 1.82) is 0 Å². The summed E-state index contributed by atoms with van der Waals surface area (Å²) in [5, 5.41) is 8.97. The van der Waals surface area contributed by atoms with Gasteiger partial charge in [-0.2, -0.15) is 22.4 Å². The van der Waals surface area contributed by atoms with E-state index in [4.69, 9.17) is 11.6 Å². The minimum absolute atomic E-state index is 0.00731. The molecule has 1 aromatic heterocycles. The third-order valence-electron chi connectivity index (χ3n) is 6.46. The number of nitrogens with one attached hydrogen (secondary N) is 2. The fourth-order valence-corrected chi connectivity index (χ4v) is 5.35. The van der Waals surface area contributed by atoms with Gasteiger partial charge in [0.05, 0.1) is 30.3 Å². The van der Waals surface area contributed by atoms with Crippen LogP contribution in [0, 0.1) is 5.82 Å². The Labute approximate surface area is 234 Å². The monoisotopic (exact) mass is 612 g/mol. The Bertz CT molecular complexity index is 1780. The van der Waals surface area contributed by atoms with E-state index >= 15 is 0 Å². The SMILES string of the molecule is CS(=O)(=O)n1cc(-c2cc(NC(=O)C3=CC(C(F)(F)F)=CC(F)C3)c3c(c2)C(=O)N[C@H]3c2cc(F)ccc2Cl)cn1. The summed E-state index contributed by atoms with van der Waals surface area (Å²) in [5.41, 5.74) is -1.23. The molecular weight excluding hydrogens is 595 g/mol. The number of carbonyl (C=O) groups is 2. The molecule has 1 aliphatic heterocycles. The second kappa shape index (κ2) is 10.1. The number of fused-ring (bicyclic) bond motifs is 1. The van der Waals surface area contributed by atoms with Gasteiger partial charge in [-0.15, -0.1) is 0 Å². The van der Waals surface area contributed by atoms with E-state index in [9.17, 15) is 40.0 Å². The molecule has 2 aliphatic rings. The summed E-state index contributed by atoms with van der Waals surface area (Å²) >= 11 is 6.28. The number of rotatable bonds is 5. The van der Waals surface area contributed by atoms with Gasteiger partial charge in [-0.1, -0.05) is 11.6 Å². The average Bonchev–Trinajstić information content (AvgIpc) is 3.50. The van der Waals surface area contributed by atoms with Gasteiger partial charge in [-0.05, 0) is 48.0 Å². The lowest BCUT2D eigenvalue weighted by atomic mass is 9.92. The first-order valence-electron chi connectivity index (χ1n) is 11.8. The van der Waals surface area contributed by atoms with Gasteiger partial charge in [-0.3, -0.25) is 9.59 Å². The van der Waals surface area contributed by atoms with Crippen LogP contribution in [0.15, 0.2) is 66.0 Å². The first kappa shape index (κ1) is 28.5. The van der Waals surface area contributed by atoms with Gasteiger partial charge in [0.25, 0.3) is 21.8 Å². The molecule has 0 fully saturated rings. The van der Waals surface area contributed by atoms with E-state index in [-0.39, 0.29) is 38.5 Å².